The first-order chi connectivity index (χ1) is 8.00. The number of hydrogen-bond acceptors (Lipinski definition) is 1. The molecule has 0 aliphatic heterocycles. The molecule has 92 valence electrons. The molecule has 0 fully saturated rings. The second-order valence-electron chi connectivity index (χ2n) is 5.81. The Balaban J connectivity index is 2.49. The van der Waals surface area contributed by atoms with E-state index in [2.05, 4.69) is 51.2 Å². The van der Waals surface area contributed by atoms with Gasteiger partial charge in [-0.2, -0.15) is 0 Å². The van der Waals surface area contributed by atoms with Crippen LogP contribution in [-0.4, -0.2) is 0 Å². The van der Waals surface area contributed by atoms with Crippen molar-refractivity contribution in [1.29, 1.82) is 0 Å². The minimum Gasteiger partial charge on any atom is -0.399 e. The molecular weight excluding hydrogens is 206 g/mol. The molecule has 0 saturated heterocycles. The van der Waals surface area contributed by atoms with Gasteiger partial charge in [0.05, 0.1) is 0 Å². The molecule has 0 aromatic carbocycles. The summed E-state index contributed by atoms with van der Waals surface area (Å²) in [7, 11) is 0. The van der Waals surface area contributed by atoms with E-state index in [1.165, 1.54) is 18.4 Å². The third-order valence-electron chi connectivity index (χ3n) is 3.94. The van der Waals surface area contributed by atoms with Crippen molar-refractivity contribution in [3.05, 3.63) is 47.2 Å². The van der Waals surface area contributed by atoms with Gasteiger partial charge in [-0.25, -0.2) is 0 Å². The van der Waals surface area contributed by atoms with Crippen LogP contribution < -0.4 is 5.73 Å². The van der Waals surface area contributed by atoms with Crippen molar-refractivity contribution < 1.29 is 0 Å². The lowest BCUT2D eigenvalue weighted by Gasteiger charge is -2.32. The summed E-state index contributed by atoms with van der Waals surface area (Å²) in [6.45, 7) is 6.93. The molecule has 2 N–H and O–H groups in total. The Hall–Kier alpha value is -1.24. The fraction of sp³-hybridized carbons (Fsp3) is 0.500. The molecule has 1 unspecified atom stereocenters. The summed E-state index contributed by atoms with van der Waals surface area (Å²) in [6, 6.07) is 0. The molecule has 17 heavy (non-hydrogen) atoms. The third-order valence-corrected chi connectivity index (χ3v) is 3.94. The number of allylic oxidation sites excluding steroid dienone is 7. The zero-order valence-corrected chi connectivity index (χ0v) is 11.2. The molecule has 2 aliphatic carbocycles. The minimum absolute atomic E-state index is 0.227. The molecular formula is C16H23N. The van der Waals surface area contributed by atoms with Crippen molar-refractivity contribution in [2.45, 2.75) is 40.0 Å². The van der Waals surface area contributed by atoms with Crippen LogP contribution >= 0.6 is 0 Å². The maximum absolute atomic E-state index is 5.98. The fourth-order valence-corrected chi connectivity index (χ4v) is 2.76. The van der Waals surface area contributed by atoms with E-state index >= 15 is 0 Å². The van der Waals surface area contributed by atoms with E-state index in [9.17, 15) is 0 Å². The van der Waals surface area contributed by atoms with Crippen molar-refractivity contribution in [2.24, 2.45) is 17.1 Å². The molecule has 0 saturated carbocycles. The van der Waals surface area contributed by atoms with Crippen LogP contribution in [0, 0.1) is 11.3 Å². The van der Waals surface area contributed by atoms with E-state index in [-0.39, 0.29) is 5.41 Å². The Morgan fingerprint density at radius 3 is 2.82 bits per heavy atom. The van der Waals surface area contributed by atoms with E-state index < -0.39 is 0 Å². The standard InChI is InChI=1S/C16H23N/c1-12-8-9-13(17)10-11-16(2,3)15-7-5-4-6-14(12)15/h4,6,8-10,12H,5,7,11,17H2,1-3H3/b9-8-,13-10+. The summed E-state index contributed by atoms with van der Waals surface area (Å²) < 4.78 is 0. The number of nitrogens with two attached hydrogens (primary N) is 1. The van der Waals surface area contributed by atoms with Crippen LogP contribution in [0.3, 0.4) is 0 Å². The van der Waals surface area contributed by atoms with Gasteiger partial charge < -0.3 is 5.73 Å². The molecule has 0 heterocycles. The number of hydrogen-bond donors (Lipinski definition) is 1. The first kappa shape index (κ1) is 12.2. The Labute approximate surface area is 105 Å². The smallest absolute Gasteiger partial charge is 0.0270 e. The Kier molecular flexibility index (Phi) is 3.28. The molecule has 1 heteroatoms. The van der Waals surface area contributed by atoms with Gasteiger partial charge in [-0.3, -0.25) is 0 Å². The van der Waals surface area contributed by atoms with Crippen molar-refractivity contribution in [3.63, 3.8) is 0 Å². The van der Waals surface area contributed by atoms with Gasteiger partial charge in [0.2, 0.25) is 0 Å². The average molecular weight is 229 g/mol. The zero-order valence-electron chi connectivity index (χ0n) is 11.2. The van der Waals surface area contributed by atoms with Crippen LogP contribution in [0.5, 0.6) is 0 Å². The SMILES string of the molecule is CC1/C=C\C(N)=C/CC(C)(C)C2=C1C=CCC2. The van der Waals surface area contributed by atoms with Gasteiger partial charge in [-0.15, -0.1) is 0 Å². The lowest BCUT2D eigenvalue weighted by molar-refractivity contribution is 0.426. The molecule has 0 radical (unpaired) electrons. The van der Waals surface area contributed by atoms with Gasteiger partial charge in [-0.1, -0.05) is 50.6 Å². The summed E-state index contributed by atoms with van der Waals surface area (Å²) in [5, 5.41) is 0. The van der Waals surface area contributed by atoms with Crippen molar-refractivity contribution in [1.82, 2.24) is 0 Å². The molecule has 0 aromatic rings. The van der Waals surface area contributed by atoms with Crippen LogP contribution in [0.4, 0.5) is 0 Å². The van der Waals surface area contributed by atoms with E-state index in [0.717, 1.165) is 12.1 Å². The molecule has 0 amide bonds. The van der Waals surface area contributed by atoms with Crippen LogP contribution in [0.25, 0.3) is 0 Å². The molecule has 1 nitrogen and oxygen atoms in total. The van der Waals surface area contributed by atoms with Crippen LogP contribution in [0.2, 0.25) is 0 Å². The Morgan fingerprint density at radius 1 is 1.29 bits per heavy atom. The highest BCUT2D eigenvalue weighted by atomic mass is 14.6. The maximum Gasteiger partial charge on any atom is 0.0270 e. The highest BCUT2D eigenvalue weighted by molar-refractivity contribution is 5.39. The lowest BCUT2D eigenvalue weighted by Crippen LogP contribution is -2.19. The van der Waals surface area contributed by atoms with Crippen molar-refractivity contribution in [3.8, 4) is 0 Å². The van der Waals surface area contributed by atoms with Gasteiger partial charge in [0, 0.05) is 5.70 Å². The first-order valence-electron chi connectivity index (χ1n) is 6.54. The summed E-state index contributed by atoms with van der Waals surface area (Å²) in [5.41, 5.74) is 10.2. The van der Waals surface area contributed by atoms with Crippen molar-refractivity contribution >= 4 is 0 Å². The third kappa shape index (κ3) is 2.54. The van der Waals surface area contributed by atoms with Gasteiger partial charge in [0.15, 0.2) is 0 Å². The lowest BCUT2D eigenvalue weighted by atomic mass is 9.73. The minimum atomic E-state index is 0.227. The molecule has 0 aromatic heterocycles. The fourth-order valence-electron chi connectivity index (χ4n) is 2.76. The predicted octanol–water partition coefficient (Wildman–Crippen LogP) is 4.10. The van der Waals surface area contributed by atoms with Crippen LogP contribution in [-0.2, 0) is 0 Å². The second-order valence-corrected chi connectivity index (χ2v) is 5.81. The normalized spacial score (nSPS) is 32.9. The van der Waals surface area contributed by atoms with Gasteiger partial charge in [0.1, 0.15) is 0 Å². The van der Waals surface area contributed by atoms with Gasteiger partial charge >= 0.3 is 0 Å². The molecule has 2 rings (SSSR count). The second kappa shape index (κ2) is 4.56. The maximum atomic E-state index is 5.98. The highest BCUT2D eigenvalue weighted by Crippen LogP contribution is 2.41. The van der Waals surface area contributed by atoms with Gasteiger partial charge in [0.25, 0.3) is 0 Å². The molecule has 2 aliphatic rings. The van der Waals surface area contributed by atoms with E-state index in [1.807, 2.05) is 0 Å². The first-order valence-corrected chi connectivity index (χ1v) is 6.54. The quantitative estimate of drug-likeness (QED) is 0.665. The van der Waals surface area contributed by atoms with Crippen LogP contribution in [0.15, 0.2) is 47.2 Å². The predicted molar refractivity (Wildman–Crippen MR) is 74.4 cm³/mol. The Morgan fingerprint density at radius 2 is 2.06 bits per heavy atom. The van der Waals surface area contributed by atoms with E-state index in [1.54, 1.807) is 5.57 Å². The van der Waals surface area contributed by atoms with E-state index in [0.29, 0.717) is 5.92 Å². The largest absolute Gasteiger partial charge is 0.399 e. The topological polar surface area (TPSA) is 26.0 Å². The average Bonchev–Trinajstić information content (AvgIpc) is 2.36. The monoisotopic (exact) mass is 229 g/mol. The summed E-state index contributed by atoms with van der Waals surface area (Å²) in [5.74, 6) is 0.464. The summed E-state index contributed by atoms with van der Waals surface area (Å²) in [6.07, 6.45) is 14.5. The molecule has 0 bridgehead atoms. The van der Waals surface area contributed by atoms with Gasteiger partial charge in [-0.05, 0) is 42.2 Å². The number of rotatable bonds is 0. The summed E-state index contributed by atoms with van der Waals surface area (Å²) in [4.78, 5) is 0. The highest BCUT2D eigenvalue weighted by Gasteiger charge is 2.27. The van der Waals surface area contributed by atoms with E-state index in [4.69, 9.17) is 5.73 Å². The summed E-state index contributed by atoms with van der Waals surface area (Å²) >= 11 is 0. The van der Waals surface area contributed by atoms with Crippen LogP contribution in [0.1, 0.15) is 40.0 Å². The molecule has 1 atom stereocenters. The van der Waals surface area contributed by atoms with Crippen molar-refractivity contribution in [2.75, 3.05) is 0 Å². The zero-order chi connectivity index (χ0) is 12.5. The Bertz CT molecular complexity index is 419. The molecule has 0 spiro atoms.